The number of rotatable bonds is 6. The van der Waals surface area contributed by atoms with Gasteiger partial charge in [0.15, 0.2) is 0 Å². The summed E-state index contributed by atoms with van der Waals surface area (Å²) in [6.07, 6.45) is 4.02. The Labute approximate surface area is 129 Å². The maximum absolute atomic E-state index is 5.55. The van der Waals surface area contributed by atoms with Crippen LogP contribution in [0.2, 0.25) is 0 Å². The topological polar surface area (TPSA) is 24.5 Å². The number of likely N-dealkylation sites (tertiary alicyclic amines) is 1. The van der Waals surface area contributed by atoms with Gasteiger partial charge in [-0.2, -0.15) is 0 Å². The van der Waals surface area contributed by atoms with Crippen LogP contribution >= 0.6 is 0 Å². The van der Waals surface area contributed by atoms with Gasteiger partial charge in [-0.25, -0.2) is 0 Å². The summed E-state index contributed by atoms with van der Waals surface area (Å²) in [5.74, 6) is 1.92. The first-order chi connectivity index (χ1) is 10.2. The van der Waals surface area contributed by atoms with Crippen molar-refractivity contribution in [2.75, 3.05) is 33.8 Å². The average Bonchev–Trinajstić information content (AvgIpc) is 2.53. The number of nitrogens with one attached hydrogen (secondary N) is 1. The van der Waals surface area contributed by atoms with Crippen molar-refractivity contribution in [2.45, 2.75) is 39.2 Å². The van der Waals surface area contributed by atoms with E-state index in [-0.39, 0.29) is 0 Å². The molecule has 1 unspecified atom stereocenters. The SMILES string of the molecule is CCC1CCN(CC(NC)c2cc(C)ccc2OC)CC1. The van der Waals surface area contributed by atoms with Crippen molar-refractivity contribution in [1.29, 1.82) is 0 Å². The first-order valence-corrected chi connectivity index (χ1v) is 8.22. The Hall–Kier alpha value is -1.06. The van der Waals surface area contributed by atoms with Crippen LogP contribution in [0.15, 0.2) is 18.2 Å². The van der Waals surface area contributed by atoms with Gasteiger partial charge in [-0.05, 0) is 51.9 Å². The number of likely N-dealkylation sites (N-methyl/N-ethyl adjacent to an activating group) is 1. The van der Waals surface area contributed by atoms with Gasteiger partial charge in [0, 0.05) is 18.2 Å². The van der Waals surface area contributed by atoms with Crippen molar-refractivity contribution in [3.63, 3.8) is 0 Å². The highest BCUT2D eigenvalue weighted by Crippen LogP contribution is 2.28. The largest absolute Gasteiger partial charge is 0.496 e. The minimum atomic E-state index is 0.332. The molecule has 0 aromatic heterocycles. The predicted molar refractivity (Wildman–Crippen MR) is 89.0 cm³/mol. The minimum Gasteiger partial charge on any atom is -0.496 e. The normalized spacial score (nSPS) is 18.7. The molecule has 3 nitrogen and oxygen atoms in total. The zero-order chi connectivity index (χ0) is 15.2. The number of hydrogen-bond acceptors (Lipinski definition) is 3. The lowest BCUT2D eigenvalue weighted by atomic mass is 9.93. The number of hydrogen-bond donors (Lipinski definition) is 1. The van der Waals surface area contributed by atoms with Crippen LogP contribution in [0.1, 0.15) is 43.4 Å². The molecule has 0 amide bonds. The fourth-order valence-corrected chi connectivity index (χ4v) is 3.31. The maximum atomic E-state index is 5.55. The summed E-state index contributed by atoms with van der Waals surface area (Å²) in [4.78, 5) is 2.59. The van der Waals surface area contributed by atoms with Gasteiger partial charge in [0.2, 0.25) is 0 Å². The molecule has 1 aromatic rings. The standard InChI is InChI=1S/C18H30N2O/c1-5-15-8-10-20(11-9-15)13-17(19-3)16-12-14(2)6-7-18(16)21-4/h6-7,12,15,17,19H,5,8-11,13H2,1-4H3. The van der Waals surface area contributed by atoms with Crippen molar-refractivity contribution in [2.24, 2.45) is 5.92 Å². The average molecular weight is 290 g/mol. The first kappa shape index (κ1) is 16.3. The summed E-state index contributed by atoms with van der Waals surface area (Å²) in [6.45, 7) is 7.97. The highest BCUT2D eigenvalue weighted by atomic mass is 16.5. The van der Waals surface area contributed by atoms with E-state index >= 15 is 0 Å². The van der Waals surface area contributed by atoms with Gasteiger partial charge in [0.25, 0.3) is 0 Å². The van der Waals surface area contributed by atoms with Crippen molar-refractivity contribution in [3.05, 3.63) is 29.3 Å². The monoisotopic (exact) mass is 290 g/mol. The summed E-state index contributed by atoms with van der Waals surface area (Å²) >= 11 is 0. The van der Waals surface area contributed by atoms with E-state index in [1.54, 1.807) is 7.11 Å². The molecule has 0 bridgehead atoms. The predicted octanol–water partition coefficient (Wildman–Crippen LogP) is 3.39. The molecule has 1 aliphatic rings. The molecule has 1 aromatic carbocycles. The molecule has 21 heavy (non-hydrogen) atoms. The van der Waals surface area contributed by atoms with Crippen LogP contribution in [0.3, 0.4) is 0 Å². The lowest BCUT2D eigenvalue weighted by Gasteiger charge is -2.34. The second-order valence-electron chi connectivity index (χ2n) is 6.24. The van der Waals surface area contributed by atoms with Crippen LogP contribution in [0.25, 0.3) is 0 Å². The lowest BCUT2D eigenvalue weighted by molar-refractivity contribution is 0.167. The molecule has 1 fully saturated rings. The molecule has 1 heterocycles. The summed E-state index contributed by atoms with van der Waals surface area (Å²) in [7, 11) is 3.80. The van der Waals surface area contributed by atoms with Crippen molar-refractivity contribution < 1.29 is 4.74 Å². The van der Waals surface area contributed by atoms with Crippen LogP contribution < -0.4 is 10.1 Å². The zero-order valence-electron chi connectivity index (χ0n) is 14.0. The van der Waals surface area contributed by atoms with Gasteiger partial charge in [0.05, 0.1) is 7.11 Å². The van der Waals surface area contributed by atoms with E-state index in [0.29, 0.717) is 6.04 Å². The molecule has 1 saturated heterocycles. The van der Waals surface area contributed by atoms with Crippen LogP contribution in [0.4, 0.5) is 0 Å². The van der Waals surface area contributed by atoms with E-state index in [1.165, 1.54) is 43.5 Å². The van der Waals surface area contributed by atoms with Crippen LogP contribution in [0.5, 0.6) is 5.75 Å². The smallest absolute Gasteiger partial charge is 0.123 e. The molecule has 0 spiro atoms. The number of ether oxygens (including phenoxy) is 1. The first-order valence-electron chi connectivity index (χ1n) is 8.22. The van der Waals surface area contributed by atoms with Gasteiger partial charge in [-0.15, -0.1) is 0 Å². The number of methoxy groups -OCH3 is 1. The van der Waals surface area contributed by atoms with E-state index in [1.807, 2.05) is 7.05 Å². The zero-order valence-corrected chi connectivity index (χ0v) is 14.0. The Morgan fingerprint density at radius 1 is 1.33 bits per heavy atom. The number of nitrogens with zero attached hydrogens (tertiary/aromatic N) is 1. The number of piperidine rings is 1. The third-order valence-electron chi connectivity index (χ3n) is 4.83. The fraction of sp³-hybridized carbons (Fsp3) is 0.667. The highest BCUT2D eigenvalue weighted by Gasteiger charge is 2.22. The van der Waals surface area contributed by atoms with Gasteiger partial charge in [0.1, 0.15) is 5.75 Å². The van der Waals surface area contributed by atoms with Crippen LogP contribution in [-0.2, 0) is 0 Å². The highest BCUT2D eigenvalue weighted by molar-refractivity contribution is 5.39. The van der Waals surface area contributed by atoms with Crippen molar-refractivity contribution >= 4 is 0 Å². The van der Waals surface area contributed by atoms with E-state index in [0.717, 1.165) is 18.2 Å². The van der Waals surface area contributed by atoms with Gasteiger partial charge in [-0.3, -0.25) is 0 Å². The van der Waals surface area contributed by atoms with Gasteiger partial charge < -0.3 is 15.0 Å². The minimum absolute atomic E-state index is 0.332. The van der Waals surface area contributed by atoms with E-state index in [9.17, 15) is 0 Å². The molecule has 0 aliphatic carbocycles. The Morgan fingerprint density at radius 2 is 2.05 bits per heavy atom. The summed E-state index contributed by atoms with van der Waals surface area (Å²) in [5.41, 5.74) is 2.56. The summed E-state index contributed by atoms with van der Waals surface area (Å²) in [5, 5.41) is 3.47. The molecule has 1 atom stereocenters. The molecular weight excluding hydrogens is 260 g/mol. The molecule has 1 aliphatic heterocycles. The van der Waals surface area contributed by atoms with Gasteiger partial charge >= 0.3 is 0 Å². The van der Waals surface area contributed by atoms with Crippen molar-refractivity contribution in [1.82, 2.24) is 10.2 Å². The van der Waals surface area contributed by atoms with Crippen LogP contribution in [0, 0.1) is 12.8 Å². The number of aryl methyl sites for hydroxylation is 1. The molecular formula is C18H30N2O. The lowest BCUT2D eigenvalue weighted by Crippen LogP contribution is -2.39. The fourth-order valence-electron chi connectivity index (χ4n) is 3.31. The number of benzene rings is 1. The Bertz CT molecular complexity index is 439. The van der Waals surface area contributed by atoms with E-state index in [4.69, 9.17) is 4.74 Å². The molecule has 0 radical (unpaired) electrons. The summed E-state index contributed by atoms with van der Waals surface area (Å²) < 4.78 is 5.55. The van der Waals surface area contributed by atoms with Crippen molar-refractivity contribution in [3.8, 4) is 5.75 Å². The molecule has 118 valence electrons. The van der Waals surface area contributed by atoms with E-state index in [2.05, 4.69) is 42.3 Å². The second-order valence-corrected chi connectivity index (χ2v) is 6.24. The molecule has 0 saturated carbocycles. The maximum Gasteiger partial charge on any atom is 0.123 e. The molecule has 1 N–H and O–H groups in total. The Morgan fingerprint density at radius 3 is 2.62 bits per heavy atom. The quantitative estimate of drug-likeness (QED) is 0.869. The summed E-state index contributed by atoms with van der Waals surface area (Å²) in [6, 6.07) is 6.77. The third kappa shape index (κ3) is 4.21. The van der Waals surface area contributed by atoms with E-state index < -0.39 is 0 Å². The molecule has 3 heteroatoms. The van der Waals surface area contributed by atoms with Gasteiger partial charge in [-0.1, -0.05) is 31.0 Å². The Kier molecular flexibility index (Phi) is 6.07. The second kappa shape index (κ2) is 7.81. The third-order valence-corrected chi connectivity index (χ3v) is 4.83. The van der Waals surface area contributed by atoms with Crippen LogP contribution in [-0.4, -0.2) is 38.7 Å². The molecule has 2 rings (SSSR count). The Balaban J connectivity index is 2.05.